The molecule has 1 heterocycles. The first-order chi connectivity index (χ1) is 9.33. The Balaban J connectivity index is 1.73. The van der Waals surface area contributed by atoms with Gasteiger partial charge in [0, 0.05) is 0 Å². The highest BCUT2D eigenvalue weighted by Gasteiger charge is 2.16. The molecule has 0 unspecified atom stereocenters. The van der Waals surface area contributed by atoms with Gasteiger partial charge in [-0.2, -0.15) is 5.10 Å². The standard InChI is InChI=1S/C15H18N2O2/c18-14-8-4-5-9-15(14)19-13-10-16-17(11-13)12-6-2-1-3-7-12/h4-5,8-12,18H,1-3,6-7H2. The second-order valence-corrected chi connectivity index (χ2v) is 5.02. The zero-order valence-electron chi connectivity index (χ0n) is 10.8. The number of phenolic OH excluding ortho intramolecular Hbond substituents is 1. The van der Waals surface area contributed by atoms with Crippen molar-refractivity contribution in [3.63, 3.8) is 0 Å². The van der Waals surface area contributed by atoms with Gasteiger partial charge in [-0.05, 0) is 25.0 Å². The van der Waals surface area contributed by atoms with E-state index in [0.29, 0.717) is 17.5 Å². The predicted octanol–water partition coefficient (Wildman–Crippen LogP) is 3.89. The average Bonchev–Trinajstić information content (AvgIpc) is 2.91. The molecule has 0 atom stereocenters. The smallest absolute Gasteiger partial charge is 0.169 e. The Labute approximate surface area is 112 Å². The van der Waals surface area contributed by atoms with Crippen molar-refractivity contribution in [2.75, 3.05) is 0 Å². The van der Waals surface area contributed by atoms with Crippen molar-refractivity contribution < 1.29 is 9.84 Å². The number of aromatic hydroxyl groups is 1. The highest BCUT2D eigenvalue weighted by Crippen LogP contribution is 2.32. The maximum atomic E-state index is 9.68. The molecule has 2 aromatic rings. The van der Waals surface area contributed by atoms with Gasteiger partial charge in [0.05, 0.1) is 18.4 Å². The van der Waals surface area contributed by atoms with Gasteiger partial charge < -0.3 is 9.84 Å². The molecule has 1 N–H and O–H groups in total. The zero-order valence-corrected chi connectivity index (χ0v) is 10.8. The third-order valence-electron chi connectivity index (χ3n) is 3.62. The van der Waals surface area contributed by atoms with Crippen LogP contribution in [0.4, 0.5) is 0 Å². The number of hydrogen-bond donors (Lipinski definition) is 1. The van der Waals surface area contributed by atoms with E-state index in [4.69, 9.17) is 4.74 Å². The highest BCUT2D eigenvalue weighted by molar-refractivity contribution is 5.40. The summed E-state index contributed by atoms with van der Waals surface area (Å²) in [6.45, 7) is 0. The monoisotopic (exact) mass is 258 g/mol. The third kappa shape index (κ3) is 2.72. The van der Waals surface area contributed by atoms with E-state index in [1.165, 1.54) is 32.1 Å². The predicted molar refractivity (Wildman–Crippen MR) is 72.5 cm³/mol. The molecule has 0 amide bonds. The van der Waals surface area contributed by atoms with Gasteiger partial charge in [-0.15, -0.1) is 0 Å². The molecule has 3 rings (SSSR count). The van der Waals surface area contributed by atoms with Gasteiger partial charge in [-0.1, -0.05) is 31.4 Å². The molecule has 19 heavy (non-hydrogen) atoms. The first kappa shape index (κ1) is 12.1. The van der Waals surface area contributed by atoms with Crippen LogP contribution in [0.15, 0.2) is 36.7 Å². The summed E-state index contributed by atoms with van der Waals surface area (Å²) in [4.78, 5) is 0. The van der Waals surface area contributed by atoms with Gasteiger partial charge in [-0.3, -0.25) is 4.68 Å². The van der Waals surface area contributed by atoms with E-state index < -0.39 is 0 Å². The minimum atomic E-state index is 0.146. The fraction of sp³-hybridized carbons (Fsp3) is 0.400. The summed E-state index contributed by atoms with van der Waals surface area (Å²) < 4.78 is 7.64. The Morgan fingerprint density at radius 3 is 2.74 bits per heavy atom. The van der Waals surface area contributed by atoms with Crippen molar-refractivity contribution in [2.45, 2.75) is 38.1 Å². The summed E-state index contributed by atoms with van der Waals surface area (Å²) in [7, 11) is 0. The summed E-state index contributed by atoms with van der Waals surface area (Å²) in [5, 5.41) is 14.1. The second-order valence-electron chi connectivity index (χ2n) is 5.02. The SMILES string of the molecule is Oc1ccccc1Oc1cnn(C2CCCCC2)c1. The molecular weight excluding hydrogens is 240 g/mol. The topological polar surface area (TPSA) is 47.3 Å². The molecule has 1 aromatic carbocycles. The summed E-state index contributed by atoms with van der Waals surface area (Å²) in [5.74, 6) is 1.28. The quantitative estimate of drug-likeness (QED) is 0.908. The van der Waals surface area contributed by atoms with Crippen LogP contribution in [0, 0.1) is 0 Å². The molecule has 0 saturated heterocycles. The lowest BCUT2D eigenvalue weighted by atomic mass is 9.96. The maximum Gasteiger partial charge on any atom is 0.169 e. The van der Waals surface area contributed by atoms with Crippen LogP contribution in [-0.4, -0.2) is 14.9 Å². The lowest BCUT2D eigenvalue weighted by Crippen LogP contribution is -2.12. The van der Waals surface area contributed by atoms with Crippen molar-refractivity contribution in [2.24, 2.45) is 0 Å². The second kappa shape index (κ2) is 5.34. The Kier molecular flexibility index (Phi) is 3.40. The summed E-state index contributed by atoms with van der Waals surface area (Å²) in [5.41, 5.74) is 0. The number of para-hydroxylation sites is 2. The van der Waals surface area contributed by atoms with E-state index in [1.807, 2.05) is 16.9 Å². The van der Waals surface area contributed by atoms with Crippen molar-refractivity contribution >= 4 is 0 Å². The lowest BCUT2D eigenvalue weighted by molar-refractivity contribution is 0.328. The van der Waals surface area contributed by atoms with E-state index >= 15 is 0 Å². The normalized spacial score (nSPS) is 16.4. The number of nitrogens with zero attached hydrogens (tertiary/aromatic N) is 2. The Bertz CT molecular complexity index is 545. The van der Waals surface area contributed by atoms with E-state index in [0.717, 1.165) is 0 Å². The lowest BCUT2D eigenvalue weighted by Gasteiger charge is -2.21. The average molecular weight is 258 g/mol. The van der Waals surface area contributed by atoms with Gasteiger partial charge in [-0.25, -0.2) is 0 Å². The van der Waals surface area contributed by atoms with Gasteiger partial charge in [0.2, 0.25) is 0 Å². The first-order valence-corrected chi connectivity index (χ1v) is 6.83. The molecule has 0 aliphatic heterocycles. The summed E-state index contributed by atoms with van der Waals surface area (Å²) in [6, 6.07) is 7.46. The molecule has 1 aliphatic carbocycles. The number of rotatable bonds is 3. The Morgan fingerprint density at radius 1 is 1.16 bits per heavy atom. The fourth-order valence-electron chi connectivity index (χ4n) is 2.59. The summed E-state index contributed by atoms with van der Waals surface area (Å²) in [6.07, 6.45) is 9.90. The van der Waals surface area contributed by atoms with E-state index in [1.54, 1.807) is 24.4 Å². The number of benzene rings is 1. The molecule has 0 radical (unpaired) electrons. The van der Waals surface area contributed by atoms with Crippen LogP contribution in [0.3, 0.4) is 0 Å². The molecule has 1 aromatic heterocycles. The molecule has 1 fully saturated rings. The molecule has 4 heteroatoms. The van der Waals surface area contributed by atoms with Crippen LogP contribution < -0.4 is 4.74 Å². The fourth-order valence-corrected chi connectivity index (χ4v) is 2.59. The van der Waals surface area contributed by atoms with Crippen molar-refractivity contribution in [1.29, 1.82) is 0 Å². The van der Waals surface area contributed by atoms with Crippen LogP contribution in [0.1, 0.15) is 38.1 Å². The van der Waals surface area contributed by atoms with Gasteiger partial charge >= 0.3 is 0 Å². The molecule has 0 bridgehead atoms. The minimum Gasteiger partial charge on any atom is -0.504 e. The largest absolute Gasteiger partial charge is 0.504 e. The van der Waals surface area contributed by atoms with Gasteiger partial charge in [0.15, 0.2) is 17.2 Å². The Hall–Kier alpha value is -1.97. The summed E-state index contributed by atoms with van der Waals surface area (Å²) >= 11 is 0. The molecule has 1 aliphatic rings. The first-order valence-electron chi connectivity index (χ1n) is 6.83. The van der Waals surface area contributed by atoms with E-state index in [-0.39, 0.29) is 5.75 Å². The van der Waals surface area contributed by atoms with E-state index in [2.05, 4.69) is 5.10 Å². The molecule has 100 valence electrons. The number of phenols is 1. The minimum absolute atomic E-state index is 0.146. The number of hydrogen-bond acceptors (Lipinski definition) is 3. The van der Waals surface area contributed by atoms with E-state index in [9.17, 15) is 5.11 Å². The van der Waals surface area contributed by atoms with Crippen molar-refractivity contribution in [3.8, 4) is 17.2 Å². The number of aromatic nitrogens is 2. The molecule has 1 saturated carbocycles. The molecule has 0 spiro atoms. The van der Waals surface area contributed by atoms with Crippen molar-refractivity contribution in [1.82, 2.24) is 9.78 Å². The van der Waals surface area contributed by atoms with Gasteiger partial charge in [0.1, 0.15) is 0 Å². The third-order valence-corrected chi connectivity index (χ3v) is 3.62. The molecular formula is C15H18N2O2. The van der Waals surface area contributed by atoms with Gasteiger partial charge in [0.25, 0.3) is 0 Å². The molecule has 4 nitrogen and oxygen atoms in total. The van der Waals surface area contributed by atoms with Crippen LogP contribution in [-0.2, 0) is 0 Å². The maximum absolute atomic E-state index is 9.68. The van der Waals surface area contributed by atoms with Crippen LogP contribution in [0.2, 0.25) is 0 Å². The zero-order chi connectivity index (χ0) is 13.1. The Morgan fingerprint density at radius 2 is 1.95 bits per heavy atom. The van der Waals surface area contributed by atoms with Crippen molar-refractivity contribution in [3.05, 3.63) is 36.7 Å². The highest BCUT2D eigenvalue weighted by atomic mass is 16.5. The van der Waals surface area contributed by atoms with Crippen LogP contribution in [0.25, 0.3) is 0 Å². The van der Waals surface area contributed by atoms with Crippen LogP contribution >= 0.6 is 0 Å². The van der Waals surface area contributed by atoms with Crippen LogP contribution in [0.5, 0.6) is 17.2 Å². The number of ether oxygens (including phenoxy) is 1.